The number of nitriles is 1. The molecule has 4 nitrogen and oxygen atoms in total. The average molecular weight is 219 g/mol. The monoisotopic (exact) mass is 218 g/mol. The maximum absolute atomic E-state index is 8.77. The Hall–Kier alpha value is -1.86. The van der Waals surface area contributed by atoms with E-state index in [1.807, 2.05) is 24.3 Å². The summed E-state index contributed by atoms with van der Waals surface area (Å²) >= 11 is 5.91. The summed E-state index contributed by atoms with van der Waals surface area (Å²) < 4.78 is 1.64. The molecule has 0 spiro atoms. The molecule has 0 N–H and O–H groups in total. The van der Waals surface area contributed by atoms with Crippen LogP contribution in [-0.2, 0) is 7.05 Å². The molecule has 0 bridgehead atoms. The maximum Gasteiger partial charge on any atom is 0.178 e. The summed E-state index contributed by atoms with van der Waals surface area (Å²) in [4.78, 5) is 8.25. The van der Waals surface area contributed by atoms with Crippen molar-refractivity contribution in [3.63, 3.8) is 0 Å². The standard InChI is InChI=1S/C10H7ClN4/c1-15-9(11)8(6-12)14-10(15)7-4-2-3-5-13-7/h2-5H,1H3. The molecule has 0 unspecified atom stereocenters. The van der Waals surface area contributed by atoms with Crippen molar-refractivity contribution in [2.45, 2.75) is 0 Å². The number of rotatable bonds is 1. The Morgan fingerprint density at radius 1 is 1.47 bits per heavy atom. The molecule has 0 aliphatic carbocycles. The van der Waals surface area contributed by atoms with Gasteiger partial charge in [0.25, 0.3) is 0 Å². The van der Waals surface area contributed by atoms with Crippen LogP contribution in [-0.4, -0.2) is 14.5 Å². The lowest BCUT2D eigenvalue weighted by atomic mass is 10.3. The predicted molar refractivity (Wildman–Crippen MR) is 56.2 cm³/mol. The maximum atomic E-state index is 8.77. The molecule has 5 heteroatoms. The van der Waals surface area contributed by atoms with Crippen LogP contribution in [0.15, 0.2) is 24.4 Å². The number of imidazole rings is 1. The zero-order chi connectivity index (χ0) is 10.8. The smallest absolute Gasteiger partial charge is 0.178 e. The molecule has 0 aliphatic rings. The van der Waals surface area contributed by atoms with Crippen molar-refractivity contribution in [1.82, 2.24) is 14.5 Å². The van der Waals surface area contributed by atoms with Crippen LogP contribution < -0.4 is 0 Å². The van der Waals surface area contributed by atoms with Crippen molar-refractivity contribution in [2.75, 3.05) is 0 Å². The van der Waals surface area contributed by atoms with Crippen molar-refractivity contribution >= 4 is 11.6 Å². The first kappa shape index (κ1) is 9.69. The second-order valence-corrected chi connectivity index (χ2v) is 3.32. The summed E-state index contributed by atoms with van der Waals surface area (Å²) in [5.74, 6) is 0.595. The van der Waals surface area contributed by atoms with Gasteiger partial charge in [0.05, 0.1) is 0 Å². The molecule has 0 saturated heterocycles. The van der Waals surface area contributed by atoms with Crippen LogP contribution in [0.25, 0.3) is 11.5 Å². The first-order valence-corrected chi connectivity index (χ1v) is 4.65. The summed E-state index contributed by atoms with van der Waals surface area (Å²) in [6.07, 6.45) is 1.67. The Kier molecular flexibility index (Phi) is 2.40. The third-order valence-electron chi connectivity index (χ3n) is 2.03. The Labute approximate surface area is 91.8 Å². The van der Waals surface area contributed by atoms with Crippen LogP contribution in [0.5, 0.6) is 0 Å². The summed E-state index contributed by atoms with van der Waals surface area (Å²) in [6.45, 7) is 0. The van der Waals surface area contributed by atoms with Gasteiger partial charge in [0.1, 0.15) is 16.9 Å². The normalized spacial score (nSPS) is 9.93. The summed E-state index contributed by atoms with van der Waals surface area (Å²) in [6, 6.07) is 7.43. The van der Waals surface area contributed by atoms with E-state index in [-0.39, 0.29) is 5.69 Å². The molecule has 0 saturated carbocycles. The van der Waals surface area contributed by atoms with Crippen molar-refractivity contribution in [1.29, 1.82) is 5.26 Å². The molecule has 0 radical (unpaired) electrons. The number of hydrogen-bond acceptors (Lipinski definition) is 3. The summed E-state index contributed by atoms with van der Waals surface area (Å²) in [5, 5.41) is 9.10. The largest absolute Gasteiger partial charge is 0.316 e. The topological polar surface area (TPSA) is 54.5 Å². The molecular formula is C10H7ClN4. The number of nitrogens with zero attached hydrogens (tertiary/aromatic N) is 4. The van der Waals surface area contributed by atoms with Crippen molar-refractivity contribution in [3.8, 4) is 17.6 Å². The van der Waals surface area contributed by atoms with Crippen molar-refractivity contribution in [2.24, 2.45) is 7.05 Å². The highest BCUT2D eigenvalue weighted by molar-refractivity contribution is 6.30. The number of halogens is 1. The van der Waals surface area contributed by atoms with E-state index in [1.165, 1.54) is 0 Å². The highest BCUT2D eigenvalue weighted by Crippen LogP contribution is 2.22. The quantitative estimate of drug-likeness (QED) is 0.736. The highest BCUT2D eigenvalue weighted by atomic mass is 35.5. The summed E-state index contributed by atoms with van der Waals surface area (Å²) in [5.41, 5.74) is 0.920. The van der Waals surface area contributed by atoms with Crippen LogP contribution in [0.4, 0.5) is 0 Å². The van der Waals surface area contributed by atoms with Gasteiger partial charge in [-0.3, -0.25) is 4.98 Å². The second-order valence-electron chi connectivity index (χ2n) is 2.96. The van der Waals surface area contributed by atoms with Crippen LogP contribution >= 0.6 is 11.6 Å². The van der Waals surface area contributed by atoms with Gasteiger partial charge >= 0.3 is 0 Å². The van der Waals surface area contributed by atoms with Crippen LogP contribution in [0, 0.1) is 11.3 Å². The second kappa shape index (κ2) is 3.71. The lowest BCUT2D eigenvalue weighted by Gasteiger charge is -1.99. The SMILES string of the molecule is Cn1c(-c2ccccn2)nc(C#N)c1Cl. The predicted octanol–water partition coefficient (Wildman–Crippen LogP) is 2.01. The van der Waals surface area contributed by atoms with E-state index in [4.69, 9.17) is 16.9 Å². The zero-order valence-electron chi connectivity index (χ0n) is 7.98. The molecule has 2 aromatic heterocycles. The Bertz CT molecular complexity index is 524. The first-order valence-electron chi connectivity index (χ1n) is 4.27. The van der Waals surface area contributed by atoms with Gasteiger partial charge in [0, 0.05) is 13.2 Å². The molecule has 2 heterocycles. The Morgan fingerprint density at radius 3 is 2.80 bits per heavy atom. The van der Waals surface area contributed by atoms with Gasteiger partial charge in [0.15, 0.2) is 11.5 Å². The highest BCUT2D eigenvalue weighted by Gasteiger charge is 2.14. The van der Waals surface area contributed by atoms with E-state index in [9.17, 15) is 0 Å². The van der Waals surface area contributed by atoms with E-state index in [1.54, 1.807) is 17.8 Å². The van der Waals surface area contributed by atoms with Gasteiger partial charge in [-0.25, -0.2) is 4.98 Å². The fourth-order valence-electron chi connectivity index (χ4n) is 1.27. The molecule has 0 fully saturated rings. The molecular weight excluding hydrogens is 212 g/mol. The van der Waals surface area contributed by atoms with Gasteiger partial charge < -0.3 is 4.57 Å². The van der Waals surface area contributed by atoms with Crippen LogP contribution in [0.3, 0.4) is 0 Å². The third-order valence-corrected chi connectivity index (χ3v) is 2.46. The van der Waals surface area contributed by atoms with E-state index in [0.29, 0.717) is 16.7 Å². The number of pyridine rings is 1. The summed E-state index contributed by atoms with van der Waals surface area (Å²) in [7, 11) is 1.75. The van der Waals surface area contributed by atoms with E-state index >= 15 is 0 Å². The molecule has 0 aliphatic heterocycles. The fraction of sp³-hybridized carbons (Fsp3) is 0.100. The minimum absolute atomic E-state index is 0.222. The van der Waals surface area contributed by atoms with Crippen molar-refractivity contribution < 1.29 is 0 Å². The van der Waals surface area contributed by atoms with E-state index in [0.717, 1.165) is 0 Å². The number of hydrogen-bond donors (Lipinski definition) is 0. The molecule has 0 atom stereocenters. The van der Waals surface area contributed by atoms with Gasteiger partial charge in [-0.05, 0) is 12.1 Å². The van der Waals surface area contributed by atoms with Gasteiger partial charge in [-0.15, -0.1) is 0 Å². The molecule has 74 valence electrons. The Morgan fingerprint density at radius 2 is 2.27 bits per heavy atom. The van der Waals surface area contributed by atoms with Gasteiger partial charge in [-0.1, -0.05) is 17.7 Å². The van der Waals surface area contributed by atoms with Gasteiger partial charge in [-0.2, -0.15) is 5.26 Å². The lowest BCUT2D eigenvalue weighted by molar-refractivity contribution is 0.918. The molecule has 0 amide bonds. The van der Waals surface area contributed by atoms with Crippen molar-refractivity contribution in [3.05, 3.63) is 35.2 Å². The van der Waals surface area contributed by atoms with Crippen LogP contribution in [0.2, 0.25) is 5.15 Å². The minimum Gasteiger partial charge on any atom is -0.316 e. The van der Waals surface area contributed by atoms with E-state index in [2.05, 4.69) is 9.97 Å². The lowest BCUT2D eigenvalue weighted by Crippen LogP contribution is -1.93. The van der Waals surface area contributed by atoms with Crippen LogP contribution in [0.1, 0.15) is 5.69 Å². The molecule has 2 aromatic rings. The first-order chi connectivity index (χ1) is 7.24. The third kappa shape index (κ3) is 1.58. The fourth-order valence-corrected chi connectivity index (χ4v) is 1.44. The molecule has 0 aromatic carbocycles. The van der Waals surface area contributed by atoms with E-state index < -0.39 is 0 Å². The molecule has 15 heavy (non-hydrogen) atoms. The zero-order valence-corrected chi connectivity index (χ0v) is 8.73. The average Bonchev–Trinajstić information content (AvgIpc) is 2.57. The molecule has 2 rings (SSSR count). The van der Waals surface area contributed by atoms with Gasteiger partial charge in [0.2, 0.25) is 0 Å². The Balaban J connectivity index is 2.61. The number of aromatic nitrogens is 3. The minimum atomic E-state index is 0.222.